The van der Waals surface area contributed by atoms with Gasteiger partial charge in [0.2, 0.25) is 0 Å². The summed E-state index contributed by atoms with van der Waals surface area (Å²) < 4.78 is 7.26. The van der Waals surface area contributed by atoms with Crippen molar-refractivity contribution in [2.45, 2.75) is 37.1 Å². The predicted octanol–water partition coefficient (Wildman–Crippen LogP) is 2.13. The molecule has 2 N–H and O–H groups in total. The van der Waals surface area contributed by atoms with Gasteiger partial charge in [-0.3, -0.25) is 14.3 Å². The first kappa shape index (κ1) is 19.0. The minimum Gasteiger partial charge on any atom is -0.497 e. The number of methoxy groups -OCH3 is 1. The molecular weight excluding hydrogens is 366 g/mol. The summed E-state index contributed by atoms with van der Waals surface area (Å²) in [6.07, 6.45) is 1.26. The predicted molar refractivity (Wildman–Crippen MR) is 104 cm³/mol. The van der Waals surface area contributed by atoms with E-state index in [0.717, 1.165) is 23.0 Å². The van der Waals surface area contributed by atoms with Crippen LogP contribution >= 0.6 is 11.8 Å². The molecule has 0 amide bonds. The summed E-state index contributed by atoms with van der Waals surface area (Å²) in [5.41, 5.74) is 0.335. The van der Waals surface area contributed by atoms with Crippen molar-refractivity contribution in [1.29, 1.82) is 0 Å². The maximum Gasteiger partial charge on any atom is 0.325 e. The highest BCUT2D eigenvalue weighted by Crippen LogP contribution is 2.28. The van der Waals surface area contributed by atoms with Crippen molar-refractivity contribution in [3.63, 3.8) is 0 Å². The van der Waals surface area contributed by atoms with E-state index in [1.54, 1.807) is 18.9 Å². The molecule has 3 aromatic rings. The molecule has 8 nitrogen and oxygen atoms in total. The monoisotopic (exact) mass is 387 g/mol. The number of thioether (sulfide) groups is 1. The van der Waals surface area contributed by atoms with E-state index in [9.17, 15) is 9.59 Å². The number of hydrogen-bond donors (Lipinski definition) is 2. The van der Waals surface area contributed by atoms with Crippen molar-refractivity contribution in [2.75, 3.05) is 7.11 Å². The van der Waals surface area contributed by atoms with Crippen molar-refractivity contribution in [1.82, 2.24) is 24.7 Å². The Balaban J connectivity index is 2.07. The lowest BCUT2D eigenvalue weighted by molar-refractivity contribution is 0.414. The molecule has 0 aliphatic heterocycles. The third kappa shape index (κ3) is 4.48. The summed E-state index contributed by atoms with van der Waals surface area (Å²) in [5.74, 6) is 1.34. The lowest BCUT2D eigenvalue weighted by atomic mass is 10.2. The molecule has 0 aliphatic rings. The molecule has 0 radical (unpaired) electrons. The molecular formula is C18H21N5O3S. The number of H-pyrrole nitrogens is 2. The van der Waals surface area contributed by atoms with Crippen LogP contribution in [0.3, 0.4) is 0 Å². The highest BCUT2D eigenvalue weighted by molar-refractivity contribution is 7.99. The fourth-order valence-electron chi connectivity index (χ4n) is 2.55. The van der Waals surface area contributed by atoms with Crippen LogP contribution in [0.1, 0.15) is 31.8 Å². The highest BCUT2D eigenvalue weighted by Gasteiger charge is 2.18. The molecule has 0 spiro atoms. The first-order chi connectivity index (χ1) is 13.0. The molecule has 27 heavy (non-hydrogen) atoms. The van der Waals surface area contributed by atoms with E-state index >= 15 is 0 Å². The number of aromatic amines is 2. The number of rotatable bonds is 7. The Morgan fingerprint density at radius 3 is 2.74 bits per heavy atom. The summed E-state index contributed by atoms with van der Waals surface area (Å²) in [6, 6.07) is 8.95. The first-order valence-electron chi connectivity index (χ1n) is 8.58. The van der Waals surface area contributed by atoms with Crippen LogP contribution in [0.25, 0.3) is 5.69 Å². The fraction of sp³-hybridized carbons (Fsp3) is 0.333. The number of aromatic nitrogens is 5. The van der Waals surface area contributed by atoms with Crippen LogP contribution in [0.4, 0.5) is 0 Å². The van der Waals surface area contributed by atoms with Crippen LogP contribution in [0.15, 0.2) is 45.1 Å². The van der Waals surface area contributed by atoms with Gasteiger partial charge in [-0.2, -0.15) is 0 Å². The molecule has 2 aromatic heterocycles. The van der Waals surface area contributed by atoms with Crippen LogP contribution in [0.2, 0.25) is 0 Å². The summed E-state index contributed by atoms with van der Waals surface area (Å²) in [6.45, 7) is 4.25. The van der Waals surface area contributed by atoms with Crippen molar-refractivity contribution in [2.24, 2.45) is 0 Å². The van der Waals surface area contributed by atoms with Gasteiger partial charge in [0.15, 0.2) is 5.16 Å². The van der Waals surface area contributed by atoms with Crippen LogP contribution in [-0.4, -0.2) is 37.1 Å². The first-order valence-corrected chi connectivity index (χ1v) is 9.46. The van der Waals surface area contributed by atoms with E-state index in [0.29, 0.717) is 16.8 Å². The second-order valence-electron chi connectivity index (χ2n) is 6.06. The molecule has 0 saturated carbocycles. The molecule has 2 heterocycles. The number of hydrogen-bond acceptors (Lipinski definition) is 6. The zero-order chi connectivity index (χ0) is 19.4. The third-order valence-corrected chi connectivity index (χ3v) is 5.27. The standard InChI is InChI=1S/C18H21N5O3S/c1-4-11(2)27-18-22-21-15(8-12-9-16(24)20-17(25)19-12)23(18)13-6-5-7-14(10-13)26-3/h5-7,9-11H,4,8H2,1-3H3,(H2,19,20,24,25)/t11-/m1/s1. The quantitative estimate of drug-likeness (QED) is 0.602. The largest absolute Gasteiger partial charge is 0.497 e. The maximum absolute atomic E-state index is 11.6. The molecule has 9 heteroatoms. The third-order valence-electron chi connectivity index (χ3n) is 4.06. The van der Waals surface area contributed by atoms with Crippen LogP contribution in [0, 0.1) is 0 Å². The van der Waals surface area contributed by atoms with Crippen molar-refractivity contribution >= 4 is 11.8 Å². The normalized spacial score (nSPS) is 12.1. The number of benzene rings is 1. The average Bonchev–Trinajstić information content (AvgIpc) is 3.02. The van der Waals surface area contributed by atoms with Gasteiger partial charge in [-0.1, -0.05) is 31.7 Å². The maximum atomic E-state index is 11.6. The summed E-state index contributed by atoms with van der Waals surface area (Å²) in [4.78, 5) is 27.9. The van der Waals surface area contributed by atoms with E-state index in [1.165, 1.54) is 6.07 Å². The van der Waals surface area contributed by atoms with E-state index < -0.39 is 11.2 Å². The minimum absolute atomic E-state index is 0.268. The Kier molecular flexibility index (Phi) is 5.80. The molecule has 0 unspecified atom stereocenters. The van der Waals surface area contributed by atoms with E-state index in [2.05, 4.69) is 34.0 Å². The van der Waals surface area contributed by atoms with E-state index in [-0.39, 0.29) is 6.42 Å². The Labute approximate surface area is 160 Å². The smallest absolute Gasteiger partial charge is 0.325 e. The van der Waals surface area contributed by atoms with Crippen molar-refractivity contribution in [3.8, 4) is 11.4 Å². The number of nitrogens with zero attached hydrogens (tertiary/aromatic N) is 3. The SMILES string of the molecule is CC[C@@H](C)Sc1nnc(Cc2cc(=O)[nH]c(=O)[nH]2)n1-c1cccc(OC)c1. The van der Waals surface area contributed by atoms with Crippen LogP contribution in [-0.2, 0) is 6.42 Å². The van der Waals surface area contributed by atoms with Crippen LogP contribution in [0.5, 0.6) is 5.75 Å². The van der Waals surface area contributed by atoms with Gasteiger partial charge < -0.3 is 9.72 Å². The lowest BCUT2D eigenvalue weighted by Gasteiger charge is -2.13. The van der Waals surface area contributed by atoms with Gasteiger partial charge in [0, 0.05) is 29.5 Å². The van der Waals surface area contributed by atoms with Gasteiger partial charge in [0.05, 0.1) is 12.8 Å². The average molecular weight is 387 g/mol. The molecule has 0 saturated heterocycles. The van der Waals surface area contributed by atoms with Crippen molar-refractivity contribution in [3.05, 3.63) is 62.7 Å². The Morgan fingerprint density at radius 1 is 1.22 bits per heavy atom. The number of ether oxygens (including phenoxy) is 1. The fourth-order valence-corrected chi connectivity index (χ4v) is 3.48. The highest BCUT2D eigenvalue weighted by atomic mass is 32.2. The van der Waals surface area contributed by atoms with Gasteiger partial charge in [-0.05, 0) is 18.6 Å². The topological polar surface area (TPSA) is 106 Å². The molecule has 142 valence electrons. The Morgan fingerprint density at radius 2 is 2.04 bits per heavy atom. The van der Waals surface area contributed by atoms with Gasteiger partial charge in [0.25, 0.3) is 5.56 Å². The Bertz CT molecular complexity index is 1010. The van der Waals surface area contributed by atoms with E-state index in [4.69, 9.17) is 4.74 Å². The summed E-state index contributed by atoms with van der Waals surface area (Å²) >= 11 is 1.62. The summed E-state index contributed by atoms with van der Waals surface area (Å²) in [7, 11) is 1.61. The summed E-state index contributed by atoms with van der Waals surface area (Å²) in [5, 5.41) is 9.76. The molecule has 0 aliphatic carbocycles. The molecule has 0 fully saturated rings. The second-order valence-corrected chi connectivity index (χ2v) is 7.47. The van der Waals surface area contributed by atoms with Gasteiger partial charge >= 0.3 is 5.69 Å². The van der Waals surface area contributed by atoms with E-state index in [1.807, 2.05) is 28.8 Å². The molecule has 3 rings (SSSR count). The minimum atomic E-state index is -0.542. The second kappa shape index (κ2) is 8.26. The van der Waals surface area contributed by atoms with Gasteiger partial charge in [-0.15, -0.1) is 10.2 Å². The van der Waals surface area contributed by atoms with Gasteiger partial charge in [0.1, 0.15) is 11.6 Å². The number of nitrogens with one attached hydrogen (secondary N) is 2. The molecule has 0 bridgehead atoms. The van der Waals surface area contributed by atoms with Crippen molar-refractivity contribution < 1.29 is 4.74 Å². The zero-order valence-electron chi connectivity index (χ0n) is 15.4. The van der Waals surface area contributed by atoms with Crippen LogP contribution < -0.4 is 16.0 Å². The lowest BCUT2D eigenvalue weighted by Crippen LogP contribution is -2.23. The Hall–Kier alpha value is -2.81. The van der Waals surface area contributed by atoms with Gasteiger partial charge in [-0.25, -0.2) is 4.79 Å². The zero-order valence-corrected chi connectivity index (χ0v) is 16.2. The molecule has 1 atom stereocenters. The molecule has 1 aromatic carbocycles.